The van der Waals surface area contributed by atoms with Gasteiger partial charge in [-0.2, -0.15) is 5.26 Å². The van der Waals surface area contributed by atoms with Gasteiger partial charge in [-0.05, 0) is 42.9 Å². The number of carboxylic acid groups (broad SMARTS) is 1. The highest BCUT2D eigenvalue weighted by molar-refractivity contribution is 7.13. The van der Waals surface area contributed by atoms with Crippen molar-refractivity contribution in [1.29, 1.82) is 5.26 Å². The van der Waals surface area contributed by atoms with Crippen molar-refractivity contribution in [1.82, 2.24) is 14.8 Å². The summed E-state index contributed by atoms with van der Waals surface area (Å²) in [4.78, 5) is 30.1. The van der Waals surface area contributed by atoms with E-state index in [0.717, 1.165) is 41.3 Å². The Hall–Kier alpha value is -2.96. The summed E-state index contributed by atoms with van der Waals surface area (Å²) in [5.41, 5.74) is 10.6. The third-order valence-corrected chi connectivity index (χ3v) is 6.69. The van der Waals surface area contributed by atoms with Crippen LogP contribution in [0.25, 0.3) is 10.4 Å². The summed E-state index contributed by atoms with van der Waals surface area (Å²) in [5, 5.41) is 18.8. The van der Waals surface area contributed by atoms with Gasteiger partial charge in [-0.1, -0.05) is 6.42 Å². The maximum Gasteiger partial charge on any atom is 0.290 e. The predicted octanol–water partition coefficient (Wildman–Crippen LogP) is 2.86. The highest BCUT2D eigenvalue weighted by Gasteiger charge is 2.27. The van der Waals surface area contributed by atoms with Gasteiger partial charge in [0.2, 0.25) is 5.91 Å². The molecule has 164 valence electrons. The second-order valence-electron chi connectivity index (χ2n) is 7.74. The lowest BCUT2D eigenvalue weighted by Crippen LogP contribution is -2.35. The average molecular weight is 442 g/mol. The summed E-state index contributed by atoms with van der Waals surface area (Å²) < 4.78 is 0. The number of hydrogen-bond donors (Lipinski definition) is 2. The van der Waals surface area contributed by atoms with Crippen LogP contribution in [0.5, 0.6) is 0 Å². The molecule has 0 unspecified atom stereocenters. The van der Waals surface area contributed by atoms with Crippen LogP contribution in [0.4, 0.5) is 5.82 Å². The van der Waals surface area contributed by atoms with Crippen LogP contribution in [-0.4, -0.2) is 51.9 Å². The number of fused-ring (bicyclic) bond motifs is 1. The third-order valence-electron chi connectivity index (χ3n) is 5.69. The van der Waals surface area contributed by atoms with E-state index in [1.165, 1.54) is 24.8 Å². The van der Waals surface area contributed by atoms with Gasteiger partial charge in [0.25, 0.3) is 6.47 Å². The smallest absolute Gasteiger partial charge is 0.290 e. The summed E-state index contributed by atoms with van der Waals surface area (Å²) in [6, 6.07) is 4.43. The van der Waals surface area contributed by atoms with Crippen molar-refractivity contribution in [2.24, 2.45) is 0 Å². The minimum Gasteiger partial charge on any atom is -0.483 e. The molecule has 0 spiro atoms. The Labute approximate surface area is 185 Å². The van der Waals surface area contributed by atoms with E-state index in [2.05, 4.69) is 27.4 Å². The molecular formula is C22H27N5O3S. The first-order chi connectivity index (χ1) is 15.0. The van der Waals surface area contributed by atoms with Crippen molar-refractivity contribution in [3.8, 4) is 16.5 Å². The Kier molecular flexibility index (Phi) is 7.60. The zero-order valence-corrected chi connectivity index (χ0v) is 18.5. The number of hydrogen-bond acceptors (Lipinski definition) is 7. The average Bonchev–Trinajstić information content (AvgIpc) is 3.21. The Morgan fingerprint density at radius 3 is 2.71 bits per heavy atom. The van der Waals surface area contributed by atoms with Gasteiger partial charge in [-0.3, -0.25) is 14.5 Å². The first-order valence-electron chi connectivity index (χ1n) is 10.3. The largest absolute Gasteiger partial charge is 0.483 e. The van der Waals surface area contributed by atoms with Crippen LogP contribution in [0.1, 0.15) is 48.6 Å². The predicted molar refractivity (Wildman–Crippen MR) is 119 cm³/mol. The Morgan fingerprint density at radius 2 is 2.06 bits per heavy atom. The lowest BCUT2D eigenvalue weighted by Gasteiger charge is -2.29. The number of nitrogen functional groups attached to an aromatic ring is 1. The fraction of sp³-hybridized carbons (Fsp3) is 0.455. The fourth-order valence-electron chi connectivity index (χ4n) is 4.20. The van der Waals surface area contributed by atoms with E-state index in [0.29, 0.717) is 30.9 Å². The number of carbonyl (C=O) groups is 2. The van der Waals surface area contributed by atoms with Crippen molar-refractivity contribution in [3.63, 3.8) is 0 Å². The quantitative estimate of drug-likeness (QED) is 0.702. The number of pyridine rings is 1. The van der Waals surface area contributed by atoms with Crippen LogP contribution in [-0.2, 0) is 29.1 Å². The molecule has 4 rings (SSSR count). The van der Waals surface area contributed by atoms with E-state index in [1.807, 2.05) is 4.90 Å². The number of piperidine rings is 1. The molecule has 0 atom stereocenters. The Balaban J connectivity index is 0.000000858. The molecule has 0 radical (unpaired) electrons. The standard InChI is InChI=1S/C21H25N5OS.CH2O2/c1-14(27)26-8-5-18-17(12-26)20(16(10-22)21(23)24-18)19-9-15(13-28-19)11-25-6-3-2-4-7-25;2-1-3/h9,13H,2-8,11-12H2,1H3,(H2,23,24);1H,(H,2,3). The van der Waals surface area contributed by atoms with Gasteiger partial charge in [0.1, 0.15) is 17.5 Å². The van der Waals surface area contributed by atoms with Gasteiger partial charge in [-0.15, -0.1) is 11.3 Å². The molecule has 2 aliphatic heterocycles. The van der Waals surface area contributed by atoms with Crippen molar-refractivity contribution < 1.29 is 14.7 Å². The van der Waals surface area contributed by atoms with Crippen LogP contribution < -0.4 is 5.73 Å². The number of likely N-dealkylation sites (tertiary alicyclic amines) is 1. The number of aromatic nitrogens is 1. The van der Waals surface area contributed by atoms with E-state index in [9.17, 15) is 10.1 Å². The molecule has 1 amide bonds. The molecule has 2 aromatic heterocycles. The Bertz CT molecular complexity index is 992. The summed E-state index contributed by atoms with van der Waals surface area (Å²) >= 11 is 1.65. The molecule has 0 bridgehead atoms. The topological polar surface area (TPSA) is 124 Å². The van der Waals surface area contributed by atoms with Gasteiger partial charge in [0, 0.05) is 49.0 Å². The zero-order valence-electron chi connectivity index (χ0n) is 17.6. The minimum atomic E-state index is -0.250. The maximum absolute atomic E-state index is 11.9. The van der Waals surface area contributed by atoms with Gasteiger partial charge >= 0.3 is 0 Å². The van der Waals surface area contributed by atoms with Crippen LogP contribution in [0.15, 0.2) is 11.4 Å². The number of nitrogens with zero attached hydrogens (tertiary/aromatic N) is 4. The molecule has 9 heteroatoms. The molecule has 1 fully saturated rings. The fourth-order valence-corrected chi connectivity index (χ4v) is 5.18. The number of nitrogens with two attached hydrogens (primary N) is 1. The van der Waals surface area contributed by atoms with Crippen LogP contribution >= 0.6 is 11.3 Å². The SMILES string of the molecule is CC(=O)N1CCc2nc(N)c(C#N)c(-c3cc(CN4CCCCC4)cs3)c2C1.O=CO. The number of anilines is 1. The van der Waals surface area contributed by atoms with E-state index in [-0.39, 0.29) is 12.4 Å². The monoisotopic (exact) mass is 441 g/mol. The molecule has 3 N–H and O–H groups in total. The van der Waals surface area contributed by atoms with Crippen LogP contribution in [0.3, 0.4) is 0 Å². The van der Waals surface area contributed by atoms with E-state index >= 15 is 0 Å². The minimum absolute atomic E-state index is 0.0453. The summed E-state index contributed by atoms with van der Waals surface area (Å²) in [6.07, 6.45) is 4.53. The summed E-state index contributed by atoms with van der Waals surface area (Å²) in [7, 11) is 0. The van der Waals surface area contributed by atoms with Gasteiger partial charge in [-0.25, -0.2) is 4.98 Å². The number of rotatable bonds is 3. The molecule has 0 aromatic carbocycles. The number of nitriles is 1. The second kappa shape index (κ2) is 10.4. The van der Waals surface area contributed by atoms with Crippen LogP contribution in [0, 0.1) is 11.3 Å². The molecule has 31 heavy (non-hydrogen) atoms. The first kappa shape index (κ1) is 22.7. The van der Waals surface area contributed by atoms with Gasteiger partial charge in [0.15, 0.2) is 0 Å². The number of carbonyl (C=O) groups excluding carboxylic acids is 1. The van der Waals surface area contributed by atoms with Crippen molar-refractivity contribution >= 4 is 29.5 Å². The zero-order chi connectivity index (χ0) is 22.4. The first-order valence-corrected chi connectivity index (χ1v) is 11.2. The highest BCUT2D eigenvalue weighted by atomic mass is 32.1. The van der Waals surface area contributed by atoms with Crippen molar-refractivity contribution in [3.05, 3.63) is 33.8 Å². The third kappa shape index (κ3) is 5.21. The molecule has 8 nitrogen and oxygen atoms in total. The number of amides is 1. The normalized spacial score (nSPS) is 15.9. The molecule has 0 saturated carbocycles. The lowest BCUT2D eigenvalue weighted by molar-refractivity contribution is -0.129. The maximum atomic E-state index is 11.9. The second-order valence-corrected chi connectivity index (χ2v) is 8.65. The van der Waals surface area contributed by atoms with Crippen LogP contribution in [0.2, 0.25) is 0 Å². The molecular weight excluding hydrogens is 414 g/mol. The van der Waals surface area contributed by atoms with E-state index < -0.39 is 0 Å². The molecule has 1 saturated heterocycles. The molecule has 2 aliphatic rings. The van der Waals surface area contributed by atoms with Gasteiger partial charge in [0.05, 0.1) is 5.69 Å². The lowest BCUT2D eigenvalue weighted by atomic mass is 9.94. The molecule has 2 aromatic rings. The summed E-state index contributed by atoms with van der Waals surface area (Å²) in [6.45, 7) is 5.72. The van der Waals surface area contributed by atoms with E-state index in [4.69, 9.17) is 15.6 Å². The highest BCUT2D eigenvalue weighted by Crippen LogP contribution is 2.38. The Morgan fingerprint density at radius 1 is 1.35 bits per heavy atom. The summed E-state index contributed by atoms with van der Waals surface area (Å²) in [5.74, 6) is 0.336. The van der Waals surface area contributed by atoms with Gasteiger partial charge < -0.3 is 15.7 Å². The molecule has 0 aliphatic carbocycles. The molecule has 4 heterocycles. The number of thiophene rings is 1. The van der Waals surface area contributed by atoms with E-state index in [1.54, 1.807) is 18.3 Å². The van der Waals surface area contributed by atoms with Crippen molar-refractivity contribution in [2.75, 3.05) is 25.4 Å². The van der Waals surface area contributed by atoms with Crippen molar-refractivity contribution in [2.45, 2.75) is 45.7 Å².